The molecular formula is C20H12F6O4. The lowest BCUT2D eigenvalue weighted by atomic mass is 10.00. The van der Waals surface area contributed by atoms with Crippen LogP contribution < -0.4 is 0 Å². The average molecular weight is 430 g/mol. The summed E-state index contributed by atoms with van der Waals surface area (Å²) in [5.74, 6) is -6.26. The molecule has 0 spiro atoms. The number of carbonyl (C=O) groups is 2. The number of aliphatic hydroxyl groups is 2. The Hall–Kier alpha value is -3.56. The van der Waals surface area contributed by atoms with Gasteiger partial charge in [0.25, 0.3) is 11.6 Å². The molecule has 0 saturated carbocycles. The normalized spacial score (nSPS) is 13.3. The van der Waals surface area contributed by atoms with Gasteiger partial charge in [-0.15, -0.1) is 0 Å². The molecule has 10 heteroatoms. The molecule has 0 atom stereocenters. The van der Waals surface area contributed by atoms with Crippen LogP contribution in [0.25, 0.3) is 22.6 Å². The molecule has 0 aromatic heterocycles. The van der Waals surface area contributed by atoms with Crippen LogP contribution >= 0.6 is 0 Å². The van der Waals surface area contributed by atoms with E-state index in [1.165, 1.54) is 48.5 Å². The number of benzene rings is 2. The predicted molar refractivity (Wildman–Crippen MR) is 95.2 cm³/mol. The van der Waals surface area contributed by atoms with Gasteiger partial charge in [0.15, 0.2) is 0 Å². The fourth-order valence-corrected chi connectivity index (χ4v) is 2.27. The van der Waals surface area contributed by atoms with E-state index in [1.54, 1.807) is 0 Å². The number of allylic oxidation sites excluding steroid dienone is 2. The van der Waals surface area contributed by atoms with Crippen molar-refractivity contribution in [2.75, 3.05) is 0 Å². The highest BCUT2D eigenvalue weighted by atomic mass is 19.4. The molecule has 4 nitrogen and oxygen atoms in total. The molecule has 0 bridgehead atoms. The number of alkyl halides is 6. The molecule has 0 amide bonds. The lowest BCUT2D eigenvalue weighted by molar-refractivity contribution is -0.165. The Morgan fingerprint density at radius 1 is 0.667 bits per heavy atom. The van der Waals surface area contributed by atoms with Gasteiger partial charge in [0.05, 0.1) is 0 Å². The highest BCUT2D eigenvalue weighted by Gasteiger charge is 2.37. The topological polar surface area (TPSA) is 74.6 Å². The van der Waals surface area contributed by atoms with Crippen molar-refractivity contribution in [3.8, 4) is 11.1 Å². The van der Waals surface area contributed by atoms with Crippen molar-refractivity contribution in [3.05, 3.63) is 71.8 Å². The standard InChI is InChI=1S/C20H12F6O4/c21-19(22,23)17(29)9-15(27)12-6-4-11(5-7-12)13-2-1-3-14(8-13)16(28)10-18(30)20(24,25)26/h1-10,27-28H/b15-9-,16-10-. The van der Waals surface area contributed by atoms with Crippen molar-refractivity contribution in [1.82, 2.24) is 0 Å². The summed E-state index contributed by atoms with van der Waals surface area (Å²) in [7, 11) is 0. The Balaban J connectivity index is 2.29. The van der Waals surface area contributed by atoms with E-state index in [2.05, 4.69) is 0 Å². The Kier molecular flexibility index (Phi) is 6.39. The maximum atomic E-state index is 12.3. The lowest BCUT2D eigenvalue weighted by Gasteiger charge is -2.08. The minimum atomic E-state index is -5.13. The average Bonchev–Trinajstić information content (AvgIpc) is 2.66. The number of carbonyl (C=O) groups excluding carboxylic acids is 2. The third kappa shape index (κ3) is 5.72. The third-order valence-electron chi connectivity index (χ3n) is 3.77. The molecule has 0 unspecified atom stereocenters. The van der Waals surface area contributed by atoms with E-state index in [0.29, 0.717) is 11.1 Å². The summed E-state index contributed by atoms with van der Waals surface area (Å²) in [6.45, 7) is 0. The summed E-state index contributed by atoms with van der Waals surface area (Å²) in [6.07, 6.45) is -10.2. The zero-order valence-electron chi connectivity index (χ0n) is 14.8. The van der Waals surface area contributed by atoms with Crippen molar-refractivity contribution in [2.24, 2.45) is 0 Å². The molecule has 30 heavy (non-hydrogen) atoms. The summed E-state index contributed by atoms with van der Waals surface area (Å²) in [6, 6.07) is 10.7. The Bertz CT molecular complexity index is 1010. The van der Waals surface area contributed by atoms with E-state index in [4.69, 9.17) is 0 Å². The molecule has 0 aliphatic heterocycles. The van der Waals surface area contributed by atoms with Crippen molar-refractivity contribution in [1.29, 1.82) is 0 Å². The van der Waals surface area contributed by atoms with Crippen LogP contribution in [-0.2, 0) is 9.59 Å². The zero-order valence-corrected chi connectivity index (χ0v) is 14.8. The van der Waals surface area contributed by atoms with E-state index in [0.717, 1.165) is 0 Å². The van der Waals surface area contributed by atoms with Gasteiger partial charge < -0.3 is 10.2 Å². The van der Waals surface area contributed by atoms with Crippen molar-refractivity contribution in [3.63, 3.8) is 0 Å². The lowest BCUT2D eigenvalue weighted by Crippen LogP contribution is -2.20. The summed E-state index contributed by atoms with van der Waals surface area (Å²) < 4.78 is 73.6. The number of halogens is 6. The molecule has 0 saturated heterocycles. The van der Waals surface area contributed by atoms with Crippen LogP contribution in [0.3, 0.4) is 0 Å². The van der Waals surface area contributed by atoms with Crippen LogP contribution in [0.2, 0.25) is 0 Å². The number of hydrogen-bond donors (Lipinski definition) is 2. The van der Waals surface area contributed by atoms with Crippen LogP contribution in [0, 0.1) is 0 Å². The minimum absolute atomic E-state index is 0.0378. The largest absolute Gasteiger partial charge is 0.507 e. The monoisotopic (exact) mass is 430 g/mol. The van der Waals surface area contributed by atoms with E-state index < -0.39 is 35.4 Å². The Morgan fingerprint density at radius 3 is 1.60 bits per heavy atom. The first-order valence-corrected chi connectivity index (χ1v) is 8.04. The summed E-state index contributed by atoms with van der Waals surface area (Å²) in [5.41, 5.74) is 0.678. The maximum Gasteiger partial charge on any atom is 0.454 e. The highest BCUT2D eigenvalue weighted by molar-refractivity contribution is 6.00. The van der Waals surface area contributed by atoms with Gasteiger partial charge in [0.1, 0.15) is 11.5 Å². The first-order valence-electron chi connectivity index (χ1n) is 8.04. The summed E-state index contributed by atoms with van der Waals surface area (Å²) in [5, 5.41) is 19.4. The minimum Gasteiger partial charge on any atom is -0.507 e. The Morgan fingerprint density at radius 2 is 1.13 bits per heavy atom. The smallest absolute Gasteiger partial charge is 0.454 e. The van der Waals surface area contributed by atoms with Gasteiger partial charge in [-0.25, -0.2) is 0 Å². The SMILES string of the molecule is O=C(/C=C(\O)c1ccc(-c2cccc(/C(O)=C/C(=O)C(F)(F)F)c2)cc1)C(F)(F)F. The Labute approximate surface area is 165 Å². The van der Waals surface area contributed by atoms with Crippen molar-refractivity contribution >= 4 is 23.1 Å². The first kappa shape index (κ1) is 22.7. The van der Waals surface area contributed by atoms with Gasteiger partial charge in [-0.05, 0) is 17.2 Å². The van der Waals surface area contributed by atoms with Crippen molar-refractivity contribution in [2.45, 2.75) is 12.4 Å². The molecule has 158 valence electrons. The zero-order chi connectivity index (χ0) is 22.7. The van der Waals surface area contributed by atoms with Gasteiger partial charge in [-0.2, -0.15) is 26.3 Å². The van der Waals surface area contributed by atoms with Gasteiger partial charge in [-0.3, -0.25) is 9.59 Å². The van der Waals surface area contributed by atoms with E-state index in [-0.39, 0.29) is 23.3 Å². The second kappa shape index (κ2) is 8.44. The maximum absolute atomic E-state index is 12.3. The second-order valence-electron chi connectivity index (χ2n) is 5.94. The third-order valence-corrected chi connectivity index (χ3v) is 3.77. The molecule has 0 aliphatic carbocycles. The molecular weight excluding hydrogens is 418 g/mol. The van der Waals surface area contributed by atoms with Crippen LogP contribution in [-0.4, -0.2) is 34.1 Å². The van der Waals surface area contributed by atoms with Crippen LogP contribution in [0.4, 0.5) is 26.3 Å². The molecule has 2 rings (SSSR count). The van der Waals surface area contributed by atoms with Crippen LogP contribution in [0.1, 0.15) is 11.1 Å². The highest BCUT2D eigenvalue weighted by Crippen LogP contribution is 2.26. The summed E-state index contributed by atoms with van der Waals surface area (Å²) >= 11 is 0. The number of hydrogen-bond acceptors (Lipinski definition) is 4. The first-order chi connectivity index (χ1) is 13.8. The van der Waals surface area contributed by atoms with E-state index >= 15 is 0 Å². The van der Waals surface area contributed by atoms with Gasteiger partial charge in [-0.1, -0.05) is 42.5 Å². The number of aliphatic hydroxyl groups excluding tert-OH is 2. The second-order valence-corrected chi connectivity index (χ2v) is 5.94. The molecule has 2 aromatic rings. The fraction of sp³-hybridized carbons (Fsp3) is 0.100. The molecule has 0 radical (unpaired) electrons. The summed E-state index contributed by atoms with van der Waals surface area (Å²) in [4.78, 5) is 21.8. The quantitative estimate of drug-likeness (QED) is 0.378. The van der Waals surface area contributed by atoms with Gasteiger partial charge in [0.2, 0.25) is 0 Å². The van der Waals surface area contributed by atoms with Gasteiger partial charge in [0, 0.05) is 23.3 Å². The van der Waals surface area contributed by atoms with Crippen molar-refractivity contribution < 1.29 is 46.1 Å². The van der Waals surface area contributed by atoms with Gasteiger partial charge >= 0.3 is 12.4 Å². The molecule has 2 N–H and O–H groups in total. The molecule has 2 aromatic carbocycles. The molecule has 0 fully saturated rings. The number of ketones is 2. The van der Waals surface area contributed by atoms with E-state index in [9.17, 15) is 46.1 Å². The van der Waals surface area contributed by atoms with Crippen LogP contribution in [0.15, 0.2) is 60.7 Å². The van der Waals surface area contributed by atoms with E-state index in [1.807, 2.05) is 0 Å². The predicted octanol–water partition coefficient (Wildman–Crippen LogP) is 5.41. The molecule has 0 heterocycles. The fourth-order valence-electron chi connectivity index (χ4n) is 2.27. The molecule has 0 aliphatic rings. The van der Waals surface area contributed by atoms with Crippen LogP contribution in [0.5, 0.6) is 0 Å². The number of rotatable bonds is 5.